The third kappa shape index (κ3) is 3.44. The van der Waals surface area contributed by atoms with Crippen LogP contribution in [0.15, 0.2) is 36.5 Å². The number of carboxylic acid groups (broad SMARTS) is 1. The SMILES string of the molecule is CC(N)C(=O)O.c1ccc2[nH]ccc2c1. The monoisotopic (exact) mass is 206 g/mol. The van der Waals surface area contributed by atoms with Crippen molar-refractivity contribution in [1.29, 1.82) is 0 Å². The predicted octanol–water partition coefficient (Wildman–Crippen LogP) is 1.59. The topological polar surface area (TPSA) is 79.1 Å². The average Bonchev–Trinajstić information content (AvgIpc) is 2.66. The molecule has 4 nitrogen and oxygen atoms in total. The first-order valence-electron chi connectivity index (χ1n) is 4.62. The molecular formula is C11H14N2O2. The molecule has 0 bridgehead atoms. The van der Waals surface area contributed by atoms with Crippen molar-refractivity contribution in [3.05, 3.63) is 36.5 Å². The third-order valence-electron chi connectivity index (χ3n) is 1.85. The number of carboxylic acids is 1. The summed E-state index contributed by atoms with van der Waals surface area (Å²) in [4.78, 5) is 12.7. The summed E-state index contributed by atoms with van der Waals surface area (Å²) in [5, 5.41) is 9.14. The number of para-hydroxylation sites is 1. The standard InChI is InChI=1S/C8H7N.C3H7NO2/c1-2-4-8-7(3-1)5-6-9-8;1-2(4)3(5)6/h1-6,9H;2H,4H2,1H3,(H,5,6). The number of benzene rings is 1. The van der Waals surface area contributed by atoms with Crippen LogP contribution in [0.25, 0.3) is 10.9 Å². The Balaban J connectivity index is 0.000000167. The molecule has 0 spiro atoms. The van der Waals surface area contributed by atoms with E-state index in [1.165, 1.54) is 17.8 Å². The molecule has 15 heavy (non-hydrogen) atoms. The van der Waals surface area contributed by atoms with Crippen LogP contribution in [0.2, 0.25) is 0 Å². The molecule has 4 N–H and O–H groups in total. The van der Waals surface area contributed by atoms with Crippen molar-refractivity contribution < 1.29 is 9.90 Å². The first kappa shape index (κ1) is 11.3. The normalized spacial score (nSPS) is 11.6. The summed E-state index contributed by atoms with van der Waals surface area (Å²) in [6, 6.07) is 9.55. The number of aromatic amines is 1. The molecule has 1 heterocycles. The van der Waals surface area contributed by atoms with Gasteiger partial charge in [0.1, 0.15) is 6.04 Å². The van der Waals surface area contributed by atoms with Gasteiger partial charge >= 0.3 is 5.97 Å². The van der Waals surface area contributed by atoms with Crippen molar-refractivity contribution in [1.82, 2.24) is 4.98 Å². The molecule has 2 rings (SSSR count). The number of hydrogen-bond donors (Lipinski definition) is 3. The first-order chi connectivity index (χ1) is 7.11. The maximum Gasteiger partial charge on any atom is 0.320 e. The lowest BCUT2D eigenvalue weighted by atomic mass is 10.3. The smallest absolute Gasteiger partial charge is 0.320 e. The van der Waals surface area contributed by atoms with Crippen molar-refractivity contribution in [3.63, 3.8) is 0 Å². The molecule has 0 amide bonds. The first-order valence-corrected chi connectivity index (χ1v) is 4.62. The maximum atomic E-state index is 9.57. The number of hydrogen-bond acceptors (Lipinski definition) is 2. The zero-order valence-electron chi connectivity index (χ0n) is 8.47. The summed E-state index contributed by atoms with van der Waals surface area (Å²) < 4.78 is 0. The molecule has 0 saturated carbocycles. The molecule has 0 aliphatic carbocycles. The highest BCUT2D eigenvalue weighted by molar-refractivity contribution is 5.78. The van der Waals surface area contributed by atoms with Crippen LogP contribution in [0.1, 0.15) is 6.92 Å². The van der Waals surface area contributed by atoms with Gasteiger partial charge in [-0.05, 0) is 24.4 Å². The molecular weight excluding hydrogens is 192 g/mol. The largest absolute Gasteiger partial charge is 0.480 e. The summed E-state index contributed by atoms with van der Waals surface area (Å²) in [5.74, 6) is -0.963. The molecule has 1 aromatic heterocycles. The van der Waals surface area contributed by atoms with E-state index < -0.39 is 12.0 Å². The number of H-pyrrole nitrogens is 1. The second-order valence-corrected chi connectivity index (χ2v) is 3.19. The summed E-state index contributed by atoms with van der Waals surface area (Å²) in [6.07, 6.45) is 1.95. The Morgan fingerprint density at radius 3 is 2.53 bits per heavy atom. The van der Waals surface area contributed by atoms with Crippen LogP contribution in [0.4, 0.5) is 0 Å². The van der Waals surface area contributed by atoms with Gasteiger partial charge in [-0.2, -0.15) is 0 Å². The van der Waals surface area contributed by atoms with Gasteiger partial charge in [0.25, 0.3) is 0 Å². The van der Waals surface area contributed by atoms with E-state index in [9.17, 15) is 4.79 Å². The second-order valence-electron chi connectivity index (χ2n) is 3.19. The van der Waals surface area contributed by atoms with E-state index in [-0.39, 0.29) is 0 Å². The third-order valence-corrected chi connectivity index (χ3v) is 1.85. The van der Waals surface area contributed by atoms with E-state index in [0.29, 0.717) is 0 Å². The highest BCUT2D eigenvalue weighted by Crippen LogP contribution is 2.09. The Bertz CT molecular complexity index is 405. The summed E-state index contributed by atoms with van der Waals surface area (Å²) >= 11 is 0. The van der Waals surface area contributed by atoms with Crippen molar-refractivity contribution in [2.45, 2.75) is 13.0 Å². The number of nitrogens with two attached hydrogens (primary N) is 1. The Labute approximate surface area is 87.7 Å². The van der Waals surface area contributed by atoms with Gasteiger partial charge in [0.2, 0.25) is 0 Å². The van der Waals surface area contributed by atoms with Crippen LogP contribution >= 0.6 is 0 Å². The summed E-state index contributed by atoms with van der Waals surface area (Å²) in [6.45, 7) is 1.42. The van der Waals surface area contributed by atoms with Crippen LogP contribution < -0.4 is 5.73 Å². The Morgan fingerprint density at radius 1 is 1.40 bits per heavy atom. The van der Waals surface area contributed by atoms with Crippen LogP contribution in [0.5, 0.6) is 0 Å². The maximum absolute atomic E-state index is 9.57. The van der Waals surface area contributed by atoms with E-state index in [4.69, 9.17) is 10.8 Å². The number of fused-ring (bicyclic) bond motifs is 1. The van der Waals surface area contributed by atoms with Crippen molar-refractivity contribution in [2.24, 2.45) is 5.73 Å². The van der Waals surface area contributed by atoms with E-state index in [1.807, 2.05) is 18.3 Å². The highest BCUT2D eigenvalue weighted by Gasteiger charge is 1.99. The Kier molecular flexibility index (Phi) is 3.88. The molecule has 0 radical (unpaired) electrons. The van der Waals surface area contributed by atoms with E-state index in [0.717, 1.165) is 0 Å². The fourth-order valence-electron chi connectivity index (χ4n) is 0.995. The lowest BCUT2D eigenvalue weighted by Crippen LogP contribution is -2.25. The number of nitrogens with one attached hydrogen (secondary N) is 1. The minimum Gasteiger partial charge on any atom is -0.480 e. The van der Waals surface area contributed by atoms with Crippen molar-refractivity contribution >= 4 is 16.9 Å². The molecule has 2 aromatic rings. The summed E-state index contributed by atoms with van der Waals surface area (Å²) in [7, 11) is 0. The fraction of sp³-hybridized carbons (Fsp3) is 0.182. The van der Waals surface area contributed by atoms with Crippen LogP contribution in [0, 0.1) is 0 Å². The zero-order valence-corrected chi connectivity index (χ0v) is 8.47. The molecule has 1 atom stereocenters. The average molecular weight is 206 g/mol. The number of carbonyl (C=O) groups is 1. The van der Waals surface area contributed by atoms with Gasteiger partial charge in [-0.25, -0.2) is 0 Å². The van der Waals surface area contributed by atoms with Crippen LogP contribution in [-0.4, -0.2) is 22.1 Å². The molecule has 0 saturated heterocycles. The molecule has 80 valence electrons. The van der Waals surface area contributed by atoms with Gasteiger partial charge < -0.3 is 15.8 Å². The van der Waals surface area contributed by atoms with E-state index in [1.54, 1.807) is 0 Å². The van der Waals surface area contributed by atoms with Crippen LogP contribution in [0.3, 0.4) is 0 Å². The second kappa shape index (κ2) is 5.17. The molecule has 1 aromatic carbocycles. The van der Waals surface area contributed by atoms with E-state index >= 15 is 0 Å². The minimum absolute atomic E-state index is 0.731. The van der Waals surface area contributed by atoms with Gasteiger partial charge in [-0.15, -0.1) is 0 Å². The van der Waals surface area contributed by atoms with E-state index in [2.05, 4.69) is 23.2 Å². The van der Waals surface area contributed by atoms with Gasteiger partial charge in [-0.1, -0.05) is 18.2 Å². The number of rotatable bonds is 1. The Hall–Kier alpha value is -1.81. The van der Waals surface area contributed by atoms with Crippen molar-refractivity contribution in [3.8, 4) is 0 Å². The van der Waals surface area contributed by atoms with Gasteiger partial charge in [0.05, 0.1) is 0 Å². The number of aliphatic carboxylic acids is 1. The highest BCUT2D eigenvalue weighted by atomic mass is 16.4. The van der Waals surface area contributed by atoms with Gasteiger partial charge in [-0.3, -0.25) is 4.79 Å². The number of aromatic nitrogens is 1. The minimum atomic E-state index is -0.963. The predicted molar refractivity (Wildman–Crippen MR) is 59.6 cm³/mol. The fourth-order valence-corrected chi connectivity index (χ4v) is 0.995. The molecule has 1 unspecified atom stereocenters. The van der Waals surface area contributed by atoms with Crippen LogP contribution in [-0.2, 0) is 4.79 Å². The molecule has 0 fully saturated rings. The molecule has 4 heteroatoms. The van der Waals surface area contributed by atoms with Gasteiger partial charge in [0.15, 0.2) is 0 Å². The lowest BCUT2D eigenvalue weighted by molar-refractivity contribution is -0.138. The van der Waals surface area contributed by atoms with Crippen molar-refractivity contribution in [2.75, 3.05) is 0 Å². The Morgan fingerprint density at radius 2 is 2.00 bits per heavy atom. The zero-order chi connectivity index (χ0) is 11.3. The quantitative estimate of drug-likeness (QED) is 0.662. The molecule has 0 aliphatic rings. The molecule has 0 aliphatic heterocycles. The lowest BCUT2D eigenvalue weighted by Gasteiger charge is -1.90. The van der Waals surface area contributed by atoms with Gasteiger partial charge in [0, 0.05) is 11.7 Å². The summed E-state index contributed by atoms with van der Waals surface area (Å²) in [5.41, 5.74) is 6.04.